The van der Waals surface area contributed by atoms with Gasteiger partial charge >= 0.3 is 18.1 Å². The van der Waals surface area contributed by atoms with Gasteiger partial charge in [0.2, 0.25) is 0 Å². The molecular formula is C35H29ClF3IN2O7S. The third-order valence-corrected chi connectivity index (χ3v) is 9.29. The molecule has 1 aliphatic heterocycles. The van der Waals surface area contributed by atoms with Crippen LogP contribution in [0.15, 0.2) is 81.7 Å². The summed E-state index contributed by atoms with van der Waals surface area (Å²) >= 11 is 8.88. The fourth-order valence-electron chi connectivity index (χ4n) is 5.13. The van der Waals surface area contributed by atoms with Gasteiger partial charge in [0.05, 0.1) is 45.1 Å². The van der Waals surface area contributed by atoms with Crippen LogP contribution in [0.4, 0.5) is 13.2 Å². The Morgan fingerprint density at radius 3 is 2.24 bits per heavy atom. The van der Waals surface area contributed by atoms with E-state index in [2.05, 4.69) is 27.6 Å². The molecule has 1 aliphatic rings. The van der Waals surface area contributed by atoms with Crippen molar-refractivity contribution in [2.24, 2.45) is 4.99 Å². The molecule has 0 bridgehead atoms. The van der Waals surface area contributed by atoms with E-state index >= 15 is 0 Å². The molecule has 0 fully saturated rings. The number of halogens is 5. The van der Waals surface area contributed by atoms with Gasteiger partial charge in [-0.1, -0.05) is 47.2 Å². The highest BCUT2D eigenvalue weighted by molar-refractivity contribution is 14.1. The van der Waals surface area contributed by atoms with E-state index in [4.69, 9.17) is 30.5 Å². The lowest BCUT2D eigenvalue weighted by atomic mass is 9.95. The SMILES string of the molecule is CCOC(=O)C1=C(C(F)(F)F)N=c2s/c(=C\c3cc(I)c(OCc4ccc(C(=O)OCC)cc4)c(OCC)c3)c(=O)n2[C@H]1c1ccc(Cl)cc1. The number of allylic oxidation sites excluding steroid dienone is 1. The third kappa shape index (κ3) is 8.08. The molecule has 0 saturated heterocycles. The van der Waals surface area contributed by atoms with E-state index in [0.717, 1.165) is 21.5 Å². The lowest BCUT2D eigenvalue weighted by Crippen LogP contribution is -2.41. The largest absolute Gasteiger partial charge is 0.490 e. The molecule has 1 aromatic heterocycles. The van der Waals surface area contributed by atoms with E-state index in [0.29, 0.717) is 37.8 Å². The van der Waals surface area contributed by atoms with Crippen LogP contribution in [0.2, 0.25) is 5.02 Å². The normalized spacial score (nSPS) is 14.6. The van der Waals surface area contributed by atoms with Crippen molar-refractivity contribution in [1.82, 2.24) is 4.57 Å². The van der Waals surface area contributed by atoms with E-state index in [1.165, 1.54) is 37.3 Å². The molecule has 0 radical (unpaired) electrons. The van der Waals surface area contributed by atoms with Crippen molar-refractivity contribution in [3.63, 3.8) is 0 Å². The van der Waals surface area contributed by atoms with Crippen LogP contribution in [0.1, 0.15) is 53.9 Å². The minimum Gasteiger partial charge on any atom is -0.490 e. The quantitative estimate of drug-likeness (QED) is 0.122. The number of ether oxygens (including phenoxy) is 4. The number of benzene rings is 3. The maximum atomic E-state index is 14.4. The molecule has 0 aliphatic carbocycles. The molecule has 0 unspecified atom stereocenters. The van der Waals surface area contributed by atoms with E-state index in [1.54, 1.807) is 50.2 Å². The zero-order valence-corrected chi connectivity index (χ0v) is 30.5. The van der Waals surface area contributed by atoms with Crippen molar-refractivity contribution < 1.29 is 41.7 Å². The first kappa shape index (κ1) is 37.1. The molecule has 4 aromatic rings. The lowest BCUT2D eigenvalue weighted by molar-refractivity contribution is -0.140. The number of alkyl halides is 3. The Bertz CT molecular complexity index is 2130. The van der Waals surface area contributed by atoms with Gasteiger partial charge in [-0.2, -0.15) is 13.2 Å². The Labute approximate surface area is 306 Å². The van der Waals surface area contributed by atoms with Crippen molar-refractivity contribution in [2.45, 2.75) is 39.6 Å². The summed E-state index contributed by atoms with van der Waals surface area (Å²) < 4.78 is 67.1. The Morgan fingerprint density at radius 1 is 0.960 bits per heavy atom. The van der Waals surface area contributed by atoms with Crippen molar-refractivity contribution in [1.29, 1.82) is 0 Å². The number of hydrogen-bond donors (Lipinski definition) is 0. The summed E-state index contributed by atoms with van der Waals surface area (Å²) in [6.45, 7) is 5.53. The third-order valence-electron chi connectivity index (χ3n) is 7.26. The standard InChI is InChI=1S/C35H29ClF3IN2O7S/c1-4-46-25-16-20(15-24(40)29(25)49-18-19-7-9-22(10-8-19)32(44)47-5-2)17-26-31(43)42-28(21-11-13-23(36)14-12-21)27(33(45)48-6-3)30(35(37,38)39)41-34(42)50-26/h7-17,28H,4-6,18H2,1-3H3/b26-17-/t28-/m0/s1. The maximum Gasteiger partial charge on any atom is 0.434 e. The molecule has 5 rings (SSSR count). The van der Waals surface area contributed by atoms with Crippen LogP contribution in [-0.2, 0) is 20.9 Å². The Morgan fingerprint density at radius 2 is 1.62 bits per heavy atom. The van der Waals surface area contributed by atoms with Gasteiger partial charge in [-0.15, -0.1) is 0 Å². The first-order valence-electron chi connectivity index (χ1n) is 15.3. The van der Waals surface area contributed by atoms with Gasteiger partial charge in [0.15, 0.2) is 22.0 Å². The van der Waals surface area contributed by atoms with Gasteiger partial charge in [0.25, 0.3) is 5.56 Å². The molecule has 0 amide bonds. The summed E-state index contributed by atoms with van der Waals surface area (Å²) in [6.07, 6.45) is -3.50. The Kier molecular flexibility index (Phi) is 11.7. The van der Waals surface area contributed by atoms with E-state index in [1.807, 2.05) is 0 Å². The molecule has 1 atom stereocenters. The van der Waals surface area contributed by atoms with Crippen LogP contribution >= 0.6 is 45.5 Å². The van der Waals surface area contributed by atoms with Gasteiger partial charge < -0.3 is 18.9 Å². The second kappa shape index (κ2) is 15.8. The van der Waals surface area contributed by atoms with E-state index in [-0.39, 0.29) is 34.7 Å². The molecule has 262 valence electrons. The number of thiazole rings is 1. The minimum atomic E-state index is -5.02. The molecule has 0 spiro atoms. The minimum absolute atomic E-state index is 0.0722. The van der Waals surface area contributed by atoms with Gasteiger partial charge in [-0.05, 0) is 103 Å². The number of rotatable bonds is 11. The van der Waals surface area contributed by atoms with Crippen LogP contribution in [0, 0.1) is 3.57 Å². The molecule has 15 heteroatoms. The average molecular weight is 841 g/mol. The van der Waals surface area contributed by atoms with Crippen molar-refractivity contribution in [2.75, 3.05) is 19.8 Å². The molecule has 0 N–H and O–H groups in total. The summed E-state index contributed by atoms with van der Waals surface area (Å²) in [5, 5.41) is 0.318. The zero-order valence-electron chi connectivity index (χ0n) is 26.8. The van der Waals surface area contributed by atoms with Gasteiger partial charge in [0.1, 0.15) is 6.61 Å². The topological polar surface area (TPSA) is 105 Å². The summed E-state index contributed by atoms with van der Waals surface area (Å²) in [5.74, 6) is -0.835. The summed E-state index contributed by atoms with van der Waals surface area (Å²) in [7, 11) is 0. The molecule has 9 nitrogen and oxygen atoms in total. The van der Waals surface area contributed by atoms with E-state index in [9.17, 15) is 27.6 Å². The van der Waals surface area contributed by atoms with Crippen LogP contribution in [0.3, 0.4) is 0 Å². The second-order valence-corrected chi connectivity index (χ2v) is 13.2. The first-order valence-corrected chi connectivity index (χ1v) is 17.5. The fourth-order valence-corrected chi connectivity index (χ4v) is 7.04. The van der Waals surface area contributed by atoms with Gasteiger partial charge in [-0.25, -0.2) is 14.6 Å². The predicted octanol–water partition coefficient (Wildman–Crippen LogP) is 6.75. The highest BCUT2D eigenvalue weighted by Gasteiger charge is 2.45. The second-order valence-electron chi connectivity index (χ2n) is 10.6. The molecular weight excluding hydrogens is 812 g/mol. The smallest absolute Gasteiger partial charge is 0.434 e. The zero-order chi connectivity index (χ0) is 36.2. The van der Waals surface area contributed by atoms with Gasteiger partial charge in [0, 0.05) is 5.02 Å². The van der Waals surface area contributed by atoms with Crippen LogP contribution in [-0.4, -0.2) is 42.5 Å². The monoisotopic (exact) mass is 840 g/mol. The van der Waals surface area contributed by atoms with Crippen LogP contribution in [0.5, 0.6) is 11.5 Å². The number of nitrogens with zero attached hydrogens (tertiary/aromatic N) is 2. The van der Waals surface area contributed by atoms with Gasteiger partial charge in [-0.3, -0.25) is 9.36 Å². The number of carbonyl (C=O) groups excluding carboxylic acids is 2. The fraction of sp³-hybridized carbons (Fsp3) is 0.257. The Hall–Kier alpha value is -4.15. The van der Waals surface area contributed by atoms with Crippen LogP contribution < -0.4 is 24.4 Å². The summed E-state index contributed by atoms with van der Waals surface area (Å²) in [6, 6.07) is 14.5. The Balaban J connectivity index is 1.57. The summed E-state index contributed by atoms with van der Waals surface area (Å²) in [4.78, 5) is 42.6. The highest BCUT2D eigenvalue weighted by Crippen LogP contribution is 2.39. The van der Waals surface area contributed by atoms with Crippen molar-refractivity contribution in [3.8, 4) is 11.5 Å². The lowest BCUT2D eigenvalue weighted by Gasteiger charge is -2.26. The maximum absolute atomic E-state index is 14.4. The van der Waals surface area contributed by atoms with Crippen molar-refractivity contribution in [3.05, 3.63) is 122 Å². The summed E-state index contributed by atoms with van der Waals surface area (Å²) in [5.41, 5.74) is -0.959. The molecule has 2 heterocycles. The highest BCUT2D eigenvalue weighted by atomic mass is 127. The number of fused-ring (bicyclic) bond motifs is 1. The van der Waals surface area contributed by atoms with E-state index < -0.39 is 41.0 Å². The molecule has 0 saturated carbocycles. The average Bonchev–Trinajstić information content (AvgIpc) is 3.38. The predicted molar refractivity (Wildman–Crippen MR) is 189 cm³/mol. The molecule has 50 heavy (non-hydrogen) atoms. The number of carbonyl (C=O) groups is 2. The number of esters is 2. The number of aromatic nitrogens is 1. The van der Waals surface area contributed by atoms with Crippen LogP contribution in [0.25, 0.3) is 6.08 Å². The molecule has 3 aromatic carbocycles. The number of hydrogen-bond acceptors (Lipinski definition) is 9. The first-order chi connectivity index (χ1) is 23.9. The van der Waals surface area contributed by atoms with Crippen molar-refractivity contribution >= 4 is 63.5 Å².